The standard InChI is InChI=1S/C29H35FN2O/c1-22-20-27(31(2)19-9-10-23-15-17-26(30)18-16-23)21-32(22)29(33)28(24-11-5-3-6-12-24)25-13-7-4-8-14-25/h3-8,11-15,17-18,22-23,27-28H,9-10,16,19-21H2,1-2H3/t22-,23?,27+/m1/s1. The second-order valence-corrected chi connectivity index (χ2v) is 9.55. The van der Waals surface area contributed by atoms with Gasteiger partial charge < -0.3 is 9.80 Å². The molecule has 2 aromatic rings. The first-order chi connectivity index (χ1) is 16.0. The van der Waals surface area contributed by atoms with Crippen molar-refractivity contribution in [3.05, 3.63) is 95.8 Å². The van der Waals surface area contributed by atoms with Crippen molar-refractivity contribution in [3.8, 4) is 0 Å². The molecule has 3 nitrogen and oxygen atoms in total. The molecule has 1 heterocycles. The Hall–Kier alpha value is -2.72. The second kappa shape index (κ2) is 10.9. The molecule has 0 radical (unpaired) electrons. The fourth-order valence-corrected chi connectivity index (χ4v) is 5.20. The molecule has 0 spiro atoms. The lowest BCUT2D eigenvalue weighted by atomic mass is 9.90. The van der Waals surface area contributed by atoms with Crippen LogP contribution in [0.2, 0.25) is 0 Å². The average Bonchev–Trinajstić information content (AvgIpc) is 3.23. The third-order valence-corrected chi connectivity index (χ3v) is 7.20. The van der Waals surface area contributed by atoms with Crippen LogP contribution in [0.3, 0.4) is 0 Å². The van der Waals surface area contributed by atoms with Gasteiger partial charge in [-0.3, -0.25) is 4.79 Å². The molecule has 4 heteroatoms. The maximum atomic E-state index is 13.8. The molecule has 1 aliphatic carbocycles. The van der Waals surface area contributed by atoms with Crippen LogP contribution in [0.15, 0.2) is 84.7 Å². The highest BCUT2D eigenvalue weighted by atomic mass is 19.1. The Kier molecular flexibility index (Phi) is 7.77. The number of nitrogens with zero attached hydrogens (tertiary/aromatic N) is 2. The quantitative estimate of drug-likeness (QED) is 0.500. The first kappa shape index (κ1) is 23.4. The van der Waals surface area contributed by atoms with Crippen LogP contribution in [-0.2, 0) is 4.79 Å². The van der Waals surface area contributed by atoms with Crippen LogP contribution in [0.4, 0.5) is 4.39 Å². The zero-order chi connectivity index (χ0) is 23.2. The fraction of sp³-hybridized carbons (Fsp3) is 0.414. The monoisotopic (exact) mass is 446 g/mol. The molecule has 2 aromatic carbocycles. The van der Waals surface area contributed by atoms with Crippen molar-refractivity contribution in [2.75, 3.05) is 20.1 Å². The maximum absolute atomic E-state index is 13.8. The van der Waals surface area contributed by atoms with Gasteiger partial charge in [0.1, 0.15) is 5.83 Å². The number of hydrogen-bond donors (Lipinski definition) is 0. The summed E-state index contributed by atoms with van der Waals surface area (Å²) in [6.07, 6.45) is 9.23. The van der Waals surface area contributed by atoms with Gasteiger partial charge in [0.25, 0.3) is 0 Å². The topological polar surface area (TPSA) is 23.6 Å². The molecule has 1 aliphatic heterocycles. The third kappa shape index (κ3) is 5.80. The summed E-state index contributed by atoms with van der Waals surface area (Å²) in [4.78, 5) is 18.3. The number of benzene rings is 2. The molecule has 0 saturated carbocycles. The molecule has 1 amide bonds. The lowest BCUT2D eigenvalue weighted by molar-refractivity contribution is -0.132. The molecule has 1 unspecified atom stereocenters. The van der Waals surface area contributed by atoms with Gasteiger partial charge in [0.05, 0.1) is 5.92 Å². The summed E-state index contributed by atoms with van der Waals surface area (Å²) < 4.78 is 13.2. The summed E-state index contributed by atoms with van der Waals surface area (Å²) in [6, 6.07) is 20.8. The zero-order valence-electron chi connectivity index (χ0n) is 19.7. The highest BCUT2D eigenvalue weighted by Crippen LogP contribution is 2.31. The Morgan fingerprint density at radius 2 is 1.73 bits per heavy atom. The third-order valence-electron chi connectivity index (χ3n) is 7.20. The van der Waals surface area contributed by atoms with E-state index in [2.05, 4.69) is 48.0 Å². The smallest absolute Gasteiger partial charge is 0.234 e. The van der Waals surface area contributed by atoms with E-state index in [0.717, 1.165) is 49.9 Å². The number of hydrogen-bond acceptors (Lipinski definition) is 2. The number of halogens is 1. The van der Waals surface area contributed by atoms with Crippen LogP contribution in [-0.4, -0.2) is 47.9 Å². The predicted octanol–water partition coefficient (Wildman–Crippen LogP) is 5.95. The Morgan fingerprint density at radius 3 is 2.30 bits per heavy atom. The fourth-order valence-electron chi connectivity index (χ4n) is 5.20. The van der Waals surface area contributed by atoms with Crippen molar-refractivity contribution < 1.29 is 9.18 Å². The molecular formula is C29H35FN2O. The highest BCUT2D eigenvalue weighted by Gasteiger charge is 2.38. The van der Waals surface area contributed by atoms with Crippen LogP contribution in [0.1, 0.15) is 49.7 Å². The predicted molar refractivity (Wildman–Crippen MR) is 133 cm³/mol. The molecule has 33 heavy (non-hydrogen) atoms. The minimum Gasteiger partial charge on any atom is -0.338 e. The van der Waals surface area contributed by atoms with Crippen molar-refractivity contribution in [2.45, 2.75) is 50.6 Å². The maximum Gasteiger partial charge on any atom is 0.234 e. The van der Waals surface area contributed by atoms with Gasteiger partial charge in [0.2, 0.25) is 5.91 Å². The van der Waals surface area contributed by atoms with Crippen molar-refractivity contribution in [1.29, 1.82) is 0 Å². The van der Waals surface area contributed by atoms with Crippen molar-refractivity contribution in [1.82, 2.24) is 9.80 Å². The van der Waals surface area contributed by atoms with Crippen LogP contribution < -0.4 is 0 Å². The van der Waals surface area contributed by atoms with Gasteiger partial charge in [-0.2, -0.15) is 0 Å². The van der Waals surface area contributed by atoms with E-state index in [-0.39, 0.29) is 23.7 Å². The van der Waals surface area contributed by atoms with Gasteiger partial charge in [-0.15, -0.1) is 0 Å². The largest absolute Gasteiger partial charge is 0.338 e. The summed E-state index contributed by atoms with van der Waals surface area (Å²) in [7, 11) is 2.17. The van der Waals surface area contributed by atoms with Gasteiger partial charge in [0, 0.05) is 18.6 Å². The number of amides is 1. The summed E-state index contributed by atoms with van der Waals surface area (Å²) in [5.74, 6) is 0.246. The van der Waals surface area contributed by atoms with E-state index in [0.29, 0.717) is 12.0 Å². The van der Waals surface area contributed by atoms with E-state index in [1.54, 1.807) is 12.2 Å². The molecular weight excluding hydrogens is 411 g/mol. The highest BCUT2D eigenvalue weighted by molar-refractivity contribution is 5.87. The number of carbonyl (C=O) groups is 1. The van der Waals surface area contributed by atoms with E-state index in [1.165, 1.54) is 0 Å². The molecule has 0 N–H and O–H groups in total. The van der Waals surface area contributed by atoms with Crippen molar-refractivity contribution >= 4 is 5.91 Å². The van der Waals surface area contributed by atoms with Crippen molar-refractivity contribution in [3.63, 3.8) is 0 Å². The SMILES string of the molecule is C[C@@H]1C[C@H](N(C)CCCC2C=CC(F)=CC2)CN1C(=O)C(c1ccccc1)c1ccccc1. The van der Waals surface area contributed by atoms with Crippen LogP contribution >= 0.6 is 0 Å². The Balaban J connectivity index is 1.38. The van der Waals surface area contributed by atoms with Gasteiger partial charge >= 0.3 is 0 Å². The molecule has 2 aliphatic rings. The van der Waals surface area contributed by atoms with E-state index in [4.69, 9.17) is 0 Å². The van der Waals surface area contributed by atoms with Gasteiger partial charge in [-0.25, -0.2) is 4.39 Å². The van der Waals surface area contributed by atoms with Crippen LogP contribution in [0.25, 0.3) is 0 Å². The molecule has 0 aromatic heterocycles. The molecule has 4 rings (SSSR count). The Morgan fingerprint density at radius 1 is 1.09 bits per heavy atom. The summed E-state index contributed by atoms with van der Waals surface area (Å²) >= 11 is 0. The molecule has 0 bridgehead atoms. The number of rotatable bonds is 8. The first-order valence-electron chi connectivity index (χ1n) is 12.2. The second-order valence-electron chi connectivity index (χ2n) is 9.55. The molecule has 3 atom stereocenters. The lowest BCUT2D eigenvalue weighted by Gasteiger charge is -2.28. The van der Waals surface area contributed by atoms with Crippen LogP contribution in [0, 0.1) is 5.92 Å². The molecule has 174 valence electrons. The molecule has 1 fully saturated rings. The number of likely N-dealkylation sites (N-methyl/N-ethyl adjacent to an activating group) is 1. The summed E-state index contributed by atoms with van der Waals surface area (Å²) in [6.45, 7) is 3.94. The minimum absolute atomic E-state index is 0.114. The number of allylic oxidation sites excluding steroid dienone is 4. The summed E-state index contributed by atoms with van der Waals surface area (Å²) in [5, 5.41) is 0. The average molecular weight is 447 g/mol. The van der Waals surface area contributed by atoms with Gasteiger partial charge in [0.15, 0.2) is 0 Å². The van der Waals surface area contributed by atoms with Gasteiger partial charge in [-0.1, -0.05) is 66.7 Å². The van der Waals surface area contributed by atoms with Crippen molar-refractivity contribution in [2.24, 2.45) is 5.92 Å². The lowest BCUT2D eigenvalue weighted by Crippen LogP contribution is -2.40. The Labute approximate surface area is 197 Å². The number of carbonyl (C=O) groups excluding carboxylic acids is 1. The van der Waals surface area contributed by atoms with Crippen LogP contribution in [0.5, 0.6) is 0 Å². The van der Waals surface area contributed by atoms with E-state index in [1.807, 2.05) is 42.5 Å². The first-order valence-corrected chi connectivity index (χ1v) is 12.2. The minimum atomic E-state index is -0.273. The van der Waals surface area contributed by atoms with Gasteiger partial charge in [-0.05, 0) is 75.4 Å². The normalized spacial score (nSPS) is 22.8. The number of likely N-dealkylation sites (tertiary alicyclic amines) is 1. The molecule has 1 saturated heterocycles. The van der Waals surface area contributed by atoms with E-state index in [9.17, 15) is 9.18 Å². The summed E-state index contributed by atoms with van der Waals surface area (Å²) in [5.41, 5.74) is 2.09. The van der Waals surface area contributed by atoms with E-state index >= 15 is 0 Å². The van der Waals surface area contributed by atoms with E-state index < -0.39 is 0 Å². The zero-order valence-corrected chi connectivity index (χ0v) is 19.7. The Bertz CT molecular complexity index is 932.